The average Bonchev–Trinajstić information content (AvgIpc) is 2.52. The Morgan fingerprint density at radius 2 is 2.31 bits per heavy atom. The van der Waals surface area contributed by atoms with E-state index < -0.39 is 0 Å². The Labute approximate surface area is 80.1 Å². The van der Waals surface area contributed by atoms with Crippen molar-refractivity contribution in [1.29, 1.82) is 0 Å². The molecule has 2 unspecified atom stereocenters. The van der Waals surface area contributed by atoms with Gasteiger partial charge in [0.15, 0.2) is 0 Å². The van der Waals surface area contributed by atoms with Gasteiger partial charge >= 0.3 is 0 Å². The molecule has 2 heteroatoms. The Morgan fingerprint density at radius 3 is 2.85 bits per heavy atom. The normalized spacial score (nSPS) is 26.3. The minimum Gasteiger partial charge on any atom is -0.345 e. The number of hydrogen-bond donors (Lipinski definition) is 1. The summed E-state index contributed by atoms with van der Waals surface area (Å²) in [7, 11) is 0. The lowest BCUT2D eigenvalue weighted by Crippen LogP contribution is -2.29. The fourth-order valence-electron chi connectivity index (χ4n) is 1.81. The molecule has 0 aromatic heterocycles. The minimum atomic E-state index is 0.187. The lowest BCUT2D eigenvalue weighted by molar-refractivity contribution is -0.124. The van der Waals surface area contributed by atoms with Crippen molar-refractivity contribution < 1.29 is 4.79 Å². The van der Waals surface area contributed by atoms with Gasteiger partial charge in [-0.2, -0.15) is 0 Å². The first-order valence-corrected chi connectivity index (χ1v) is 4.91. The molecule has 0 aromatic carbocycles. The van der Waals surface area contributed by atoms with Gasteiger partial charge in [-0.25, -0.2) is 0 Å². The Bertz CT molecular complexity index is 236. The van der Waals surface area contributed by atoms with Gasteiger partial charge in [-0.1, -0.05) is 12.8 Å². The van der Waals surface area contributed by atoms with Crippen LogP contribution in [0.1, 0.15) is 33.1 Å². The quantitative estimate of drug-likeness (QED) is 0.640. The summed E-state index contributed by atoms with van der Waals surface area (Å²) in [6.07, 6.45) is 3.29. The van der Waals surface area contributed by atoms with Gasteiger partial charge < -0.3 is 5.32 Å². The van der Waals surface area contributed by atoms with E-state index in [9.17, 15) is 4.79 Å². The molecule has 0 aromatic rings. The van der Waals surface area contributed by atoms with Crippen molar-refractivity contribution in [2.45, 2.75) is 33.1 Å². The van der Waals surface area contributed by atoms with Gasteiger partial charge in [0.25, 0.3) is 0 Å². The first kappa shape index (κ1) is 10.1. The van der Waals surface area contributed by atoms with E-state index >= 15 is 0 Å². The predicted octanol–water partition coefficient (Wildman–Crippen LogP) is 1.56. The maximum Gasteiger partial charge on any atom is 0.223 e. The highest BCUT2D eigenvalue weighted by atomic mass is 16.1. The number of hydrogen-bond acceptors (Lipinski definition) is 1. The molecule has 1 aliphatic carbocycles. The van der Waals surface area contributed by atoms with Gasteiger partial charge in [0, 0.05) is 5.92 Å². The van der Waals surface area contributed by atoms with Crippen LogP contribution in [0.3, 0.4) is 0 Å². The third kappa shape index (κ3) is 3.10. The Balaban J connectivity index is 2.26. The van der Waals surface area contributed by atoms with Gasteiger partial charge in [0.2, 0.25) is 5.91 Å². The summed E-state index contributed by atoms with van der Waals surface area (Å²) in [5.41, 5.74) is 0. The SMILES string of the molecule is CC#CCNC(=O)C1CCC(C)C1. The predicted molar refractivity (Wildman–Crippen MR) is 53.0 cm³/mol. The molecular weight excluding hydrogens is 162 g/mol. The number of rotatable bonds is 2. The second kappa shape index (κ2) is 4.91. The molecule has 1 aliphatic rings. The fourth-order valence-corrected chi connectivity index (χ4v) is 1.81. The molecule has 0 aliphatic heterocycles. The zero-order chi connectivity index (χ0) is 9.68. The Kier molecular flexibility index (Phi) is 3.82. The molecule has 0 radical (unpaired) electrons. The molecule has 0 saturated heterocycles. The van der Waals surface area contributed by atoms with Gasteiger partial charge in [0.1, 0.15) is 0 Å². The summed E-state index contributed by atoms with van der Waals surface area (Å²) < 4.78 is 0. The summed E-state index contributed by atoms with van der Waals surface area (Å²) in [6.45, 7) is 4.49. The van der Waals surface area contributed by atoms with E-state index in [2.05, 4.69) is 24.1 Å². The van der Waals surface area contributed by atoms with Crippen LogP contribution in [0, 0.1) is 23.7 Å². The lowest BCUT2D eigenvalue weighted by atomic mass is 10.1. The maximum atomic E-state index is 11.5. The summed E-state index contributed by atoms with van der Waals surface area (Å²) in [5.74, 6) is 6.74. The van der Waals surface area contributed by atoms with Crippen LogP contribution in [-0.2, 0) is 4.79 Å². The maximum absolute atomic E-state index is 11.5. The van der Waals surface area contributed by atoms with Crippen LogP contribution in [0.15, 0.2) is 0 Å². The molecule has 13 heavy (non-hydrogen) atoms. The Hall–Kier alpha value is -0.970. The van der Waals surface area contributed by atoms with Crippen LogP contribution in [0.25, 0.3) is 0 Å². The molecule has 72 valence electrons. The molecular formula is C11H17NO. The van der Waals surface area contributed by atoms with E-state index in [1.807, 2.05) is 0 Å². The van der Waals surface area contributed by atoms with Crippen molar-refractivity contribution in [1.82, 2.24) is 5.32 Å². The fraction of sp³-hybridized carbons (Fsp3) is 0.727. The third-order valence-corrected chi connectivity index (χ3v) is 2.59. The molecule has 2 nitrogen and oxygen atoms in total. The van der Waals surface area contributed by atoms with Crippen LogP contribution in [-0.4, -0.2) is 12.5 Å². The summed E-state index contributed by atoms with van der Waals surface area (Å²) >= 11 is 0. The number of nitrogens with one attached hydrogen (secondary N) is 1. The molecule has 0 spiro atoms. The topological polar surface area (TPSA) is 29.1 Å². The van der Waals surface area contributed by atoms with E-state index in [0.717, 1.165) is 12.8 Å². The standard InChI is InChI=1S/C11H17NO/c1-3-4-7-12-11(13)10-6-5-9(2)8-10/h9-10H,5-8H2,1-2H3,(H,12,13). The van der Waals surface area contributed by atoms with Crippen molar-refractivity contribution in [2.24, 2.45) is 11.8 Å². The summed E-state index contributed by atoms with van der Waals surface area (Å²) in [5, 5.41) is 2.83. The highest BCUT2D eigenvalue weighted by molar-refractivity contribution is 5.79. The molecule has 1 amide bonds. The van der Waals surface area contributed by atoms with E-state index in [0.29, 0.717) is 12.5 Å². The number of carbonyl (C=O) groups is 1. The van der Waals surface area contributed by atoms with Crippen molar-refractivity contribution in [3.05, 3.63) is 0 Å². The lowest BCUT2D eigenvalue weighted by Gasteiger charge is -2.07. The smallest absolute Gasteiger partial charge is 0.223 e. The van der Waals surface area contributed by atoms with Gasteiger partial charge in [-0.05, 0) is 32.1 Å². The largest absolute Gasteiger partial charge is 0.345 e. The van der Waals surface area contributed by atoms with Crippen LogP contribution in [0.2, 0.25) is 0 Å². The highest BCUT2D eigenvalue weighted by Crippen LogP contribution is 2.30. The monoisotopic (exact) mass is 179 g/mol. The molecule has 1 rings (SSSR count). The second-order valence-corrected chi connectivity index (χ2v) is 3.76. The second-order valence-electron chi connectivity index (χ2n) is 3.76. The van der Waals surface area contributed by atoms with Crippen LogP contribution >= 0.6 is 0 Å². The molecule has 0 heterocycles. The van der Waals surface area contributed by atoms with Crippen LogP contribution in [0.5, 0.6) is 0 Å². The number of carbonyl (C=O) groups excluding carboxylic acids is 1. The zero-order valence-corrected chi connectivity index (χ0v) is 8.39. The van der Waals surface area contributed by atoms with Crippen LogP contribution < -0.4 is 5.32 Å². The van der Waals surface area contributed by atoms with Crippen molar-refractivity contribution in [3.63, 3.8) is 0 Å². The molecule has 1 N–H and O–H groups in total. The van der Waals surface area contributed by atoms with E-state index in [1.165, 1.54) is 6.42 Å². The highest BCUT2D eigenvalue weighted by Gasteiger charge is 2.26. The summed E-state index contributed by atoms with van der Waals surface area (Å²) in [4.78, 5) is 11.5. The first-order valence-electron chi connectivity index (χ1n) is 4.91. The summed E-state index contributed by atoms with van der Waals surface area (Å²) in [6, 6.07) is 0. The average molecular weight is 179 g/mol. The van der Waals surface area contributed by atoms with Crippen molar-refractivity contribution in [3.8, 4) is 11.8 Å². The molecule has 1 saturated carbocycles. The van der Waals surface area contributed by atoms with E-state index in [-0.39, 0.29) is 11.8 Å². The molecule has 0 bridgehead atoms. The minimum absolute atomic E-state index is 0.187. The molecule has 1 fully saturated rings. The Morgan fingerprint density at radius 1 is 1.54 bits per heavy atom. The van der Waals surface area contributed by atoms with Gasteiger partial charge in [-0.3, -0.25) is 4.79 Å². The van der Waals surface area contributed by atoms with Gasteiger partial charge in [0.05, 0.1) is 6.54 Å². The van der Waals surface area contributed by atoms with Crippen LogP contribution in [0.4, 0.5) is 0 Å². The van der Waals surface area contributed by atoms with E-state index in [4.69, 9.17) is 0 Å². The first-order chi connectivity index (χ1) is 6.24. The van der Waals surface area contributed by atoms with Crippen molar-refractivity contribution >= 4 is 5.91 Å². The van der Waals surface area contributed by atoms with Gasteiger partial charge in [-0.15, -0.1) is 5.92 Å². The number of amides is 1. The zero-order valence-electron chi connectivity index (χ0n) is 8.39. The van der Waals surface area contributed by atoms with Crippen molar-refractivity contribution in [2.75, 3.05) is 6.54 Å². The van der Waals surface area contributed by atoms with E-state index in [1.54, 1.807) is 6.92 Å². The third-order valence-electron chi connectivity index (χ3n) is 2.59. The molecule has 2 atom stereocenters.